The predicted molar refractivity (Wildman–Crippen MR) is 74.2 cm³/mol. The number of hydrogen-bond donors (Lipinski definition) is 0. The zero-order valence-corrected chi connectivity index (χ0v) is 11.6. The van der Waals surface area contributed by atoms with Crippen molar-refractivity contribution in [2.45, 2.75) is 12.8 Å². The molecule has 0 atom stereocenters. The van der Waals surface area contributed by atoms with Gasteiger partial charge < -0.3 is 14.5 Å². The van der Waals surface area contributed by atoms with E-state index in [1.54, 1.807) is 0 Å². The summed E-state index contributed by atoms with van der Waals surface area (Å²) in [5.41, 5.74) is 0.280. The summed E-state index contributed by atoms with van der Waals surface area (Å²) >= 11 is 0. The maximum atomic E-state index is 5.86. The first kappa shape index (κ1) is 12.8. The van der Waals surface area contributed by atoms with Gasteiger partial charge in [0.05, 0.1) is 13.2 Å². The molecule has 0 amide bonds. The van der Waals surface area contributed by atoms with Gasteiger partial charge in [-0.3, -0.25) is 0 Å². The minimum absolute atomic E-state index is 0.280. The minimum Gasteiger partial charge on any atom is -0.379 e. The molecular formula is C14H22N4O. The van der Waals surface area contributed by atoms with Crippen LogP contribution in [0.15, 0.2) is 18.5 Å². The Morgan fingerprint density at radius 1 is 1.16 bits per heavy atom. The minimum atomic E-state index is 0.280. The molecule has 1 aromatic heterocycles. The number of ether oxygens (including phenoxy) is 1. The summed E-state index contributed by atoms with van der Waals surface area (Å²) in [5.74, 6) is 0.839. The van der Waals surface area contributed by atoms with Crippen LogP contribution in [0.3, 0.4) is 0 Å². The highest BCUT2D eigenvalue weighted by Gasteiger charge is 2.37. The smallest absolute Gasteiger partial charge is 0.225 e. The number of anilines is 1. The SMILES string of the molecule is CN1CCC2(CC1)COCCN(c1ncccn1)C2. The van der Waals surface area contributed by atoms with Crippen molar-refractivity contribution in [1.82, 2.24) is 14.9 Å². The van der Waals surface area contributed by atoms with Gasteiger partial charge in [0, 0.05) is 30.9 Å². The summed E-state index contributed by atoms with van der Waals surface area (Å²) in [7, 11) is 2.20. The topological polar surface area (TPSA) is 41.5 Å². The third kappa shape index (κ3) is 2.87. The Balaban J connectivity index is 1.76. The van der Waals surface area contributed by atoms with Crippen molar-refractivity contribution in [3.8, 4) is 0 Å². The summed E-state index contributed by atoms with van der Waals surface area (Å²) < 4.78 is 5.86. The summed E-state index contributed by atoms with van der Waals surface area (Å²) in [6.07, 6.45) is 6.03. The number of likely N-dealkylation sites (tertiary alicyclic amines) is 1. The second-order valence-corrected chi connectivity index (χ2v) is 5.83. The van der Waals surface area contributed by atoms with Gasteiger partial charge >= 0.3 is 0 Å². The molecule has 0 aliphatic carbocycles. The number of piperidine rings is 1. The van der Waals surface area contributed by atoms with Gasteiger partial charge in [-0.1, -0.05) is 0 Å². The molecule has 0 N–H and O–H groups in total. The fourth-order valence-electron chi connectivity index (χ4n) is 3.01. The van der Waals surface area contributed by atoms with Crippen molar-refractivity contribution < 1.29 is 4.74 Å². The van der Waals surface area contributed by atoms with Crippen molar-refractivity contribution in [2.75, 3.05) is 51.3 Å². The van der Waals surface area contributed by atoms with Crippen LogP contribution in [0.1, 0.15) is 12.8 Å². The van der Waals surface area contributed by atoms with Gasteiger partial charge in [-0.05, 0) is 39.0 Å². The fraction of sp³-hybridized carbons (Fsp3) is 0.714. The molecule has 1 spiro atoms. The lowest BCUT2D eigenvalue weighted by Crippen LogP contribution is -2.46. The van der Waals surface area contributed by atoms with Crippen molar-refractivity contribution in [3.63, 3.8) is 0 Å². The van der Waals surface area contributed by atoms with Crippen LogP contribution in [-0.4, -0.2) is 61.3 Å². The Morgan fingerprint density at radius 3 is 2.63 bits per heavy atom. The highest BCUT2D eigenvalue weighted by atomic mass is 16.5. The van der Waals surface area contributed by atoms with Crippen LogP contribution in [0, 0.1) is 5.41 Å². The second-order valence-electron chi connectivity index (χ2n) is 5.83. The van der Waals surface area contributed by atoms with E-state index in [9.17, 15) is 0 Å². The maximum absolute atomic E-state index is 5.86. The Morgan fingerprint density at radius 2 is 1.89 bits per heavy atom. The van der Waals surface area contributed by atoms with Gasteiger partial charge in [0.25, 0.3) is 0 Å². The van der Waals surface area contributed by atoms with Gasteiger partial charge in [0.15, 0.2) is 0 Å². The molecule has 5 nitrogen and oxygen atoms in total. The first-order chi connectivity index (χ1) is 9.27. The zero-order valence-electron chi connectivity index (χ0n) is 11.6. The molecule has 3 rings (SSSR count). The molecule has 5 heteroatoms. The Labute approximate surface area is 114 Å². The molecule has 2 fully saturated rings. The van der Waals surface area contributed by atoms with Gasteiger partial charge in [-0.25, -0.2) is 9.97 Å². The Kier molecular flexibility index (Phi) is 3.66. The van der Waals surface area contributed by atoms with E-state index in [1.807, 2.05) is 18.5 Å². The van der Waals surface area contributed by atoms with Crippen LogP contribution in [0.25, 0.3) is 0 Å². The van der Waals surface area contributed by atoms with E-state index in [4.69, 9.17) is 4.74 Å². The number of rotatable bonds is 1. The lowest BCUT2D eigenvalue weighted by molar-refractivity contribution is 0.0278. The third-order valence-corrected chi connectivity index (χ3v) is 4.32. The molecule has 2 saturated heterocycles. The Hall–Kier alpha value is -1.20. The average molecular weight is 262 g/mol. The monoisotopic (exact) mass is 262 g/mol. The molecular weight excluding hydrogens is 240 g/mol. The van der Waals surface area contributed by atoms with E-state index in [2.05, 4.69) is 26.8 Å². The van der Waals surface area contributed by atoms with Crippen LogP contribution in [0.4, 0.5) is 5.95 Å². The maximum Gasteiger partial charge on any atom is 0.225 e. The number of hydrogen-bond acceptors (Lipinski definition) is 5. The first-order valence-corrected chi connectivity index (χ1v) is 7.06. The van der Waals surface area contributed by atoms with Gasteiger partial charge in [-0.15, -0.1) is 0 Å². The molecule has 0 bridgehead atoms. The lowest BCUT2D eigenvalue weighted by atomic mass is 9.79. The fourth-order valence-corrected chi connectivity index (χ4v) is 3.01. The Bertz CT molecular complexity index is 403. The van der Waals surface area contributed by atoms with E-state index < -0.39 is 0 Å². The van der Waals surface area contributed by atoms with Crippen LogP contribution in [-0.2, 0) is 4.74 Å². The average Bonchev–Trinajstić information content (AvgIpc) is 2.67. The first-order valence-electron chi connectivity index (χ1n) is 7.06. The van der Waals surface area contributed by atoms with E-state index in [1.165, 1.54) is 12.8 Å². The largest absolute Gasteiger partial charge is 0.379 e. The molecule has 0 aromatic carbocycles. The second kappa shape index (κ2) is 5.43. The van der Waals surface area contributed by atoms with Crippen molar-refractivity contribution in [3.05, 3.63) is 18.5 Å². The molecule has 0 saturated carbocycles. The molecule has 0 unspecified atom stereocenters. The molecule has 104 valence electrons. The van der Waals surface area contributed by atoms with E-state index in [-0.39, 0.29) is 5.41 Å². The van der Waals surface area contributed by atoms with Crippen LogP contribution in [0.5, 0.6) is 0 Å². The molecule has 0 radical (unpaired) electrons. The summed E-state index contributed by atoms with van der Waals surface area (Å²) in [6, 6.07) is 1.86. The van der Waals surface area contributed by atoms with Crippen molar-refractivity contribution >= 4 is 5.95 Å². The molecule has 1 aromatic rings. The predicted octanol–water partition coefficient (Wildman–Crippen LogP) is 1.03. The molecule has 19 heavy (non-hydrogen) atoms. The van der Waals surface area contributed by atoms with Crippen LogP contribution in [0.2, 0.25) is 0 Å². The normalized spacial score (nSPS) is 24.4. The van der Waals surface area contributed by atoms with Crippen LogP contribution < -0.4 is 4.90 Å². The summed E-state index contributed by atoms with van der Waals surface area (Å²) in [4.78, 5) is 13.5. The van der Waals surface area contributed by atoms with E-state index >= 15 is 0 Å². The van der Waals surface area contributed by atoms with E-state index in [0.717, 1.165) is 45.3 Å². The van der Waals surface area contributed by atoms with Crippen molar-refractivity contribution in [2.24, 2.45) is 5.41 Å². The summed E-state index contributed by atoms with van der Waals surface area (Å²) in [5, 5.41) is 0. The highest BCUT2D eigenvalue weighted by molar-refractivity contribution is 5.29. The number of aromatic nitrogens is 2. The van der Waals surface area contributed by atoms with Gasteiger partial charge in [0.1, 0.15) is 0 Å². The molecule has 2 aliphatic heterocycles. The lowest BCUT2D eigenvalue weighted by Gasteiger charge is -2.41. The van der Waals surface area contributed by atoms with Gasteiger partial charge in [0.2, 0.25) is 5.95 Å². The standard InChI is InChI=1S/C14H22N4O/c1-17-7-3-14(4-8-17)11-18(9-10-19-12-14)13-15-5-2-6-16-13/h2,5-6H,3-4,7-12H2,1H3. The zero-order chi connectivity index (χ0) is 13.1. The van der Waals surface area contributed by atoms with Crippen LogP contribution >= 0.6 is 0 Å². The molecule has 3 heterocycles. The quantitative estimate of drug-likeness (QED) is 0.756. The molecule has 2 aliphatic rings. The van der Waals surface area contributed by atoms with E-state index in [0.29, 0.717) is 0 Å². The van der Waals surface area contributed by atoms with Crippen molar-refractivity contribution in [1.29, 1.82) is 0 Å². The summed E-state index contributed by atoms with van der Waals surface area (Å²) in [6.45, 7) is 5.88. The highest BCUT2D eigenvalue weighted by Crippen LogP contribution is 2.34. The number of nitrogens with zero attached hydrogens (tertiary/aromatic N) is 4. The van der Waals surface area contributed by atoms with Gasteiger partial charge in [-0.2, -0.15) is 0 Å². The third-order valence-electron chi connectivity index (χ3n) is 4.32.